The average molecular weight is 264 g/mol. The van der Waals surface area contributed by atoms with Crippen LogP contribution in [0.1, 0.15) is 33.6 Å². The normalized spacial score (nSPS) is 25.4. The fraction of sp³-hybridized carbons (Fsp3) is 0.917. The summed E-state index contributed by atoms with van der Waals surface area (Å²) in [6.45, 7) is 6.04. The van der Waals surface area contributed by atoms with E-state index in [0.717, 1.165) is 0 Å². The number of ether oxygens (including phenoxy) is 1. The molecule has 1 aliphatic rings. The molecule has 1 saturated heterocycles. The number of carbonyl (C=O) groups excluding carboxylic acids is 1. The quantitative estimate of drug-likeness (QED) is 0.832. The molecule has 6 heteroatoms. The van der Waals surface area contributed by atoms with Crippen molar-refractivity contribution in [2.24, 2.45) is 11.7 Å². The molecule has 1 aliphatic heterocycles. The minimum Gasteiger partial charge on any atom is -0.444 e. The predicted octanol–water partition coefficient (Wildman–Crippen LogP) is 2.23. The van der Waals surface area contributed by atoms with E-state index < -0.39 is 18.1 Å². The van der Waals surface area contributed by atoms with Crippen LogP contribution in [-0.2, 0) is 4.74 Å². The summed E-state index contributed by atoms with van der Waals surface area (Å²) < 4.78 is 30.0. The summed E-state index contributed by atoms with van der Waals surface area (Å²) in [7, 11) is 0. The van der Waals surface area contributed by atoms with Gasteiger partial charge in [0.05, 0.1) is 0 Å². The summed E-state index contributed by atoms with van der Waals surface area (Å²) >= 11 is 0. The number of amides is 1. The second-order valence-corrected chi connectivity index (χ2v) is 5.77. The first-order valence-corrected chi connectivity index (χ1v) is 6.20. The van der Waals surface area contributed by atoms with Crippen LogP contribution in [-0.4, -0.2) is 42.2 Å². The monoisotopic (exact) mass is 264 g/mol. The Morgan fingerprint density at radius 1 is 1.50 bits per heavy atom. The Bertz CT molecular complexity index is 292. The van der Waals surface area contributed by atoms with Gasteiger partial charge in [0.15, 0.2) is 0 Å². The van der Waals surface area contributed by atoms with E-state index in [1.807, 2.05) is 0 Å². The van der Waals surface area contributed by atoms with Gasteiger partial charge in [-0.3, -0.25) is 0 Å². The van der Waals surface area contributed by atoms with E-state index in [4.69, 9.17) is 10.5 Å². The molecule has 18 heavy (non-hydrogen) atoms. The molecule has 0 aliphatic carbocycles. The number of alkyl halides is 2. The number of nitrogens with two attached hydrogens (primary N) is 1. The van der Waals surface area contributed by atoms with Gasteiger partial charge in [0.2, 0.25) is 6.43 Å². The van der Waals surface area contributed by atoms with Crippen LogP contribution in [0.5, 0.6) is 0 Å². The zero-order valence-electron chi connectivity index (χ0n) is 11.2. The fourth-order valence-electron chi connectivity index (χ4n) is 2.02. The lowest BCUT2D eigenvalue weighted by Crippen LogP contribution is -2.50. The Hall–Kier alpha value is -0.910. The Morgan fingerprint density at radius 2 is 2.11 bits per heavy atom. The van der Waals surface area contributed by atoms with Gasteiger partial charge in [0, 0.05) is 25.6 Å². The van der Waals surface area contributed by atoms with Crippen LogP contribution in [0.4, 0.5) is 13.6 Å². The summed E-state index contributed by atoms with van der Waals surface area (Å²) in [5.41, 5.74) is 5.23. The number of hydrogen-bond donors (Lipinski definition) is 1. The third-order valence-corrected chi connectivity index (χ3v) is 2.93. The van der Waals surface area contributed by atoms with Crippen LogP contribution < -0.4 is 5.73 Å². The number of nitrogens with zero attached hydrogens (tertiary/aromatic N) is 1. The van der Waals surface area contributed by atoms with Gasteiger partial charge in [0.25, 0.3) is 0 Å². The van der Waals surface area contributed by atoms with Crippen LogP contribution >= 0.6 is 0 Å². The predicted molar refractivity (Wildman–Crippen MR) is 64.5 cm³/mol. The minimum absolute atomic E-state index is 0.250. The topological polar surface area (TPSA) is 55.6 Å². The lowest BCUT2D eigenvalue weighted by molar-refractivity contribution is 0.00842. The van der Waals surface area contributed by atoms with E-state index in [2.05, 4.69) is 0 Å². The molecule has 2 unspecified atom stereocenters. The number of piperidine rings is 1. The van der Waals surface area contributed by atoms with E-state index >= 15 is 0 Å². The van der Waals surface area contributed by atoms with Crippen molar-refractivity contribution in [1.29, 1.82) is 0 Å². The molecule has 4 nitrogen and oxygen atoms in total. The largest absolute Gasteiger partial charge is 0.444 e. The third-order valence-electron chi connectivity index (χ3n) is 2.93. The smallest absolute Gasteiger partial charge is 0.410 e. The molecule has 1 heterocycles. The van der Waals surface area contributed by atoms with Gasteiger partial charge in [0.1, 0.15) is 5.60 Å². The van der Waals surface area contributed by atoms with Crippen LogP contribution in [0.25, 0.3) is 0 Å². The third kappa shape index (κ3) is 4.76. The molecular weight excluding hydrogens is 242 g/mol. The maximum Gasteiger partial charge on any atom is 0.410 e. The first kappa shape index (κ1) is 15.1. The second kappa shape index (κ2) is 5.82. The molecule has 0 aromatic rings. The summed E-state index contributed by atoms with van der Waals surface area (Å²) in [5.74, 6) is -0.355. The SMILES string of the molecule is CC(C)(C)OC(=O)N1CCC(N)C(CC(F)F)C1. The highest BCUT2D eigenvalue weighted by Gasteiger charge is 2.33. The minimum atomic E-state index is -2.39. The van der Waals surface area contributed by atoms with E-state index in [-0.39, 0.29) is 24.9 Å². The van der Waals surface area contributed by atoms with Gasteiger partial charge in [-0.05, 0) is 33.1 Å². The van der Waals surface area contributed by atoms with Crippen molar-refractivity contribution in [3.63, 3.8) is 0 Å². The maximum absolute atomic E-state index is 12.4. The molecule has 0 aromatic carbocycles. The summed E-state index contributed by atoms with van der Waals surface area (Å²) in [5, 5.41) is 0. The van der Waals surface area contributed by atoms with Crippen molar-refractivity contribution < 1.29 is 18.3 Å². The van der Waals surface area contributed by atoms with Gasteiger partial charge < -0.3 is 15.4 Å². The van der Waals surface area contributed by atoms with Crippen molar-refractivity contribution in [2.75, 3.05) is 13.1 Å². The zero-order chi connectivity index (χ0) is 13.9. The van der Waals surface area contributed by atoms with Crippen molar-refractivity contribution >= 4 is 6.09 Å². The number of likely N-dealkylation sites (tertiary alicyclic amines) is 1. The van der Waals surface area contributed by atoms with Gasteiger partial charge in [-0.1, -0.05) is 0 Å². The van der Waals surface area contributed by atoms with Crippen molar-refractivity contribution in [3.05, 3.63) is 0 Å². The summed E-state index contributed by atoms with van der Waals surface area (Å²) in [4.78, 5) is 13.3. The van der Waals surface area contributed by atoms with Crippen molar-refractivity contribution in [3.8, 4) is 0 Å². The van der Waals surface area contributed by atoms with Crippen LogP contribution in [0.15, 0.2) is 0 Å². The molecular formula is C12H22F2N2O2. The molecule has 0 aromatic heterocycles. The van der Waals surface area contributed by atoms with Gasteiger partial charge >= 0.3 is 6.09 Å². The molecule has 2 N–H and O–H groups in total. The fourth-order valence-corrected chi connectivity index (χ4v) is 2.02. The molecule has 0 saturated carbocycles. The molecule has 2 atom stereocenters. The summed E-state index contributed by atoms with van der Waals surface area (Å²) in [6.07, 6.45) is -2.56. The first-order valence-electron chi connectivity index (χ1n) is 6.20. The van der Waals surface area contributed by atoms with E-state index in [9.17, 15) is 13.6 Å². The number of rotatable bonds is 2. The van der Waals surface area contributed by atoms with Crippen molar-refractivity contribution in [2.45, 2.75) is 51.7 Å². The van der Waals surface area contributed by atoms with Crippen molar-refractivity contribution in [1.82, 2.24) is 4.90 Å². The first-order chi connectivity index (χ1) is 8.19. The zero-order valence-corrected chi connectivity index (χ0v) is 11.2. The highest BCUT2D eigenvalue weighted by atomic mass is 19.3. The average Bonchev–Trinajstić information content (AvgIpc) is 2.17. The van der Waals surface area contributed by atoms with E-state index in [1.54, 1.807) is 20.8 Å². The Labute approximate surface area is 106 Å². The highest BCUT2D eigenvalue weighted by Crippen LogP contribution is 2.23. The standard InChI is InChI=1S/C12H22F2N2O2/c1-12(2,3)18-11(17)16-5-4-9(15)8(7-16)6-10(13)14/h8-10H,4-7,15H2,1-3H3. The lowest BCUT2D eigenvalue weighted by Gasteiger charge is -2.37. The molecule has 0 spiro atoms. The lowest BCUT2D eigenvalue weighted by atomic mass is 9.90. The van der Waals surface area contributed by atoms with E-state index in [0.29, 0.717) is 13.0 Å². The Kier molecular flexibility index (Phi) is 4.90. The molecule has 1 rings (SSSR count). The number of halogens is 2. The molecule has 0 bridgehead atoms. The van der Waals surface area contributed by atoms with Gasteiger partial charge in [-0.25, -0.2) is 13.6 Å². The molecule has 106 valence electrons. The maximum atomic E-state index is 12.4. The number of carbonyl (C=O) groups is 1. The number of hydrogen-bond acceptors (Lipinski definition) is 3. The van der Waals surface area contributed by atoms with Crippen LogP contribution in [0, 0.1) is 5.92 Å². The molecule has 0 radical (unpaired) electrons. The van der Waals surface area contributed by atoms with E-state index in [1.165, 1.54) is 4.90 Å². The molecule has 1 amide bonds. The second-order valence-electron chi connectivity index (χ2n) is 5.77. The molecule has 1 fully saturated rings. The van der Waals surface area contributed by atoms with Gasteiger partial charge in [-0.15, -0.1) is 0 Å². The highest BCUT2D eigenvalue weighted by molar-refractivity contribution is 5.68. The van der Waals surface area contributed by atoms with Crippen LogP contribution in [0.2, 0.25) is 0 Å². The van der Waals surface area contributed by atoms with Gasteiger partial charge in [-0.2, -0.15) is 0 Å². The Morgan fingerprint density at radius 3 is 2.61 bits per heavy atom. The Balaban J connectivity index is 2.56. The van der Waals surface area contributed by atoms with Crippen LogP contribution in [0.3, 0.4) is 0 Å². The summed E-state index contributed by atoms with van der Waals surface area (Å²) in [6, 6.07) is -0.266.